The Balaban J connectivity index is 2.53. The molecular weight excluding hydrogens is 214 g/mol. The molecule has 0 saturated heterocycles. The van der Waals surface area contributed by atoms with Crippen LogP contribution in [0.2, 0.25) is 0 Å². The van der Waals surface area contributed by atoms with Crippen molar-refractivity contribution in [2.24, 2.45) is 5.73 Å². The third-order valence-corrected chi connectivity index (χ3v) is 3.62. The highest BCUT2D eigenvalue weighted by atomic mass is 16.2. The minimum Gasteiger partial charge on any atom is -0.350 e. The lowest BCUT2D eigenvalue weighted by molar-refractivity contribution is -0.124. The van der Waals surface area contributed by atoms with Crippen LogP contribution < -0.4 is 11.1 Å². The quantitative estimate of drug-likeness (QED) is 0.775. The lowest BCUT2D eigenvalue weighted by atomic mass is 9.95. The number of hydrogen-bond donors (Lipinski definition) is 2. The first-order valence-corrected chi connectivity index (χ1v) is 6.51. The number of carbonyl (C=O) groups excluding carboxylic acids is 1. The molecule has 1 rings (SSSR count). The molecule has 4 nitrogen and oxygen atoms in total. The normalized spacial score (nSPS) is 19.6. The first-order chi connectivity index (χ1) is 7.79. The second-order valence-electron chi connectivity index (χ2n) is 6.29. The number of rotatable bonds is 4. The van der Waals surface area contributed by atoms with Gasteiger partial charge in [-0.15, -0.1) is 0 Å². The van der Waals surface area contributed by atoms with Crippen LogP contribution in [0.25, 0.3) is 0 Å². The molecule has 0 atom stereocenters. The van der Waals surface area contributed by atoms with Crippen molar-refractivity contribution in [2.75, 3.05) is 20.1 Å². The predicted molar refractivity (Wildman–Crippen MR) is 70.8 cm³/mol. The molecule has 4 heteroatoms. The van der Waals surface area contributed by atoms with Crippen LogP contribution in [0.3, 0.4) is 0 Å². The Morgan fingerprint density at radius 3 is 2.29 bits per heavy atom. The summed E-state index contributed by atoms with van der Waals surface area (Å²) in [6.45, 7) is 7.08. The summed E-state index contributed by atoms with van der Waals surface area (Å²) in [4.78, 5) is 14.0. The van der Waals surface area contributed by atoms with E-state index in [0.29, 0.717) is 13.1 Å². The molecule has 0 aliphatic heterocycles. The number of nitrogens with zero attached hydrogens (tertiary/aromatic N) is 1. The first-order valence-electron chi connectivity index (χ1n) is 6.51. The number of amides is 1. The third-order valence-electron chi connectivity index (χ3n) is 3.62. The summed E-state index contributed by atoms with van der Waals surface area (Å²) in [7, 11) is 2.01. The number of nitrogens with one attached hydrogen (secondary N) is 1. The molecular formula is C13H27N3O. The minimum absolute atomic E-state index is 0.0508. The highest BCUT2D eigenvalue weighted by Gasteiger charge is 2.37. The maximum Gasteiger partial charge on any atom is 0.234 e. The van der Waals surface area contributed by atoms with Crippen LogP contribution in [-0.4, -0.2) is 42.0 Å². The van der Waals surface area contributed by atoms with E-state index in [4.69, 9.17) is 5.73 Å². The van der Waals surface area contributed by atoms with Crippen LogP contribution in [0.1, 0.15) is 46.5 Å². The molecule has 0 aromatic carbocycles. The molecule has 1 amide bonds. The SMILES string of the molecule is CN(CC(=O)NC(C)(C)C)C1(CN)CCCC1. The van der Waals surface area contributed by atoms with Crippen LogP contribution in [0.4, 0.5) is 0 Å². The Kier molecular flexibility index (Phi) is 4.55. The molecule has 3 N–H and O–H groups in total. The van der Waals surface area contributed by atoms with Gasteiger partial charge in [0.15, 0.2) is 0 Å². The van der Waals surface area contributed by atoms with Gasteiger partial charge in [0.1, 0.15) is 0 Å². The number of likely N-dealkylation sites (N-methyl/N-ethyl adjacent to an activating group) is 1. The van der Waals surface area contributed by atoms with Gasteiger partial charge in [-0.1, -0.05) is 12.8 Å². The number of nitrogens with two attached hydrogens (primary N) is 1. The van der Waals surface area contributed by atoms with Crippen molar-refractivity contribution in [1.29, 1.82) is 0 Å². The Morgan fingerprint density at radius 1 is 1.35 bits per heavy atom. The molecule has 1 saturated carbocycles. The molecule has 0 spiro atoms. The van der Waals surface area contributed by atoms with E-state index in [-0.39, 0.29) is 17.0 Å². The molecule has 0 heterocycles. The van der Waals surface area contributed by atoms with Gasteiger partial charge in [0.05, 0.1) is 6.54 Å². The van der Waals surface area contributed by atoms with E-state index in [9.17, 15) is 4.79 Å². The van der Waals surface area contributed by atoms with Crippen molar-refractivity contribution in [3.8, 4) is 0 Å². The Morgan fingerprint density at radius 2 is 1.88 bits per heavy atom. The van der Waals surface area contributed by atoms with E-state index in [1.54, 1.807) is 0 Å². The fourth-order valence-electron chi connectivity index (χ4n) is 2.62. The van der Waals surface area contributed by atoms with Gasteiger partial charge in [-0.2, -0.15) is 0 Å². The summed E-state index contributed by atoms with van der Waals surface area (Å²) in [6.07, 6.45) is 4.68. The lowest BCUT2D eigenvalue weighted by Crippen LogP contribution is -2.54. The van der Waals surface area contributed by atoms with Gasteiger partial charge < -0.3 is 11.1 Å². The minimum atomic E-state index is -0.163. The van der Waals surface area contributed by atoms with Crippen molar-refractivity contribution < 1.29 is 4.79 Å². The van der Waals surface area contributed by atoms with Crippen LogP contribution in [0.15, 0.2) is 0 Å². The Bertz CT molecular complexity index is 264. The zero-order valence-electron chi connectivity index (χ0n) is 11.7. The second kappa shape index (κ2) is 5.36. The highest BCUT2D eigenvalue weighted by molar-refractivity contribution is 5.78. The summed E-state index contributed by atoms with van der Waals surface area (Å²) in [5, 5.41) is 2.99. The molecule has 17 heavy (non-hydrogen) atoms. The lowest BCUT2D eigenvalue weighted by Gasteiger charge is -2.38. The highest BCUT2D eigenvalue weighted by Crippen LogP contribution is 2.33. The van der Waals surface area contributed by atoms with Crippen molar-refractivity contribution in [3.05, 3.63) is 0 Å². The summed E-state index contributed by atoms with van der Waals surface area (Å²) < 4.78 is 0. The smallest absolute Gasteiger partial charge is 0.234 e. The van der Waals surface area contributed by atoms with E-state index >= 15 is 0 Å². The topological polar surface area (TPSA) is 58.4 Å². The molecule has 0 radical (unpaired) electrons. The van der Waals surface area contributed by atoms with Crippen molar-refractivity contribution in [1.82, 2.24) is 10.2 Å². The maximum absolute atomic E-state index is 11.9. The summed E-state index contributed by atoms with van der Waals surface area (Å²) in [5.74, 6) is 0.0831. The second-order valence-corrected chi connectivity index (χ2v) is 6.29. The zero-order valence-corrected chi connectivity index (χ0v) is 11.7. The van der Waals surface area contributed by atoms with Crippen LogP contribution in [0, 0.1) is 0 Å². The van der Waals surface area contributed by atoms with Gasteiger partial charge in [-0.05, 0) is 40.7 Å². The standard InChI is InChI=1S/C13H27N3O/c1-12(2,3)15-11(17)9-16(4)13(10-14)7-5-6-8-13/h5-10,14H2,1-4H3,(H,15,17). The van der Waals surface area contributed by atoms with E-state index in [2.05, 4.69) is 10.2 Å². The fraction of sp³-hybridized carbons (Fsp3) is 0.923. The molecule has 0 aromatic heterocycles. The van der Waals surface area contributed by atoms with Crippen LogP contribution in [-0.2, 0) is 4.79 Å². The molecule has 1 fully saturated rings. The average Bonchev–Trinajstić information content (AvgIpc) is 2.63. The summed E-state index contributed by atoms with van der Waals surface area (Å²) in [5.41, 5.74) is 5.79. The fourth-order valence-corrected chi connectivity index (χ4v) is 2.62. The van der Waals surface area contributed by atoms with E-state index in [1.807, 2.05) is 27.8 Å². The number of hydrogen-bond acceptors (Lipinski definition) is 3. The van der Waals surface area contributed by atoms with Gasteiger partial charge in [0.2, 0.25) is 5.91 Å². The van der Waals surface area contributed by atoms with Gasteiger partial charge in [-0.3, -0.25) is 9.69 Å². The average molecular weight is 241 g/mol. The zero-order chi connectivity index (χ0) is 13.1. The van der Waals surface area contributed by atoms with Gasteiger partial charge in [0, 0.05) is 17.6 Å². The van der Waals surface area contributed by atoms with Gasteiger partial charge in [-0.25, -0.2) is 0 Å². The van der Waals surface area contributed by atoms with Crippen LogP contribution >= 0.6 is 0 Å². The molecule has 100 valence electrons. The van der Waals surface area contributed by atoms with Crippen LogP contribution in [0.5, 0.6) is 0 Å². The molecule has 1 aliphatic carbocycles. The third kappa shape index (κ3) is 3.96. The Hall–Kier alpha value is -0.610. The predicted octanol–water partition coefficient (Wildman–Crippen LogP) is 1.10. The molecule has 0 unspecified atom stereocenters. The molecule has 0 aromatic rings. The monoisotopic (exact) mass is 241 g/mol. The largest absolute Gasteiger partial charge is 0.350 e. The van der Waals surface area contributed by atoms with E-state index in [0.717, 1.165) is 12.8 Å². The van der Waals surface area contributed by atoms with E-state index in [1.165, 1.54) is 12.8 Å². The Labute approximate surface area is 105 Å². The molecule has 0 bridgehead atoms. The van der Waals surface area contributed by atoms with E-state index < -0.39 is 0 Å². The summed E-state index contributed by atoms with van der Waals surface area (Å²) >= 11 is 0. The summed E-state index contributed by atoms with van der Waals surface area (Å²) in [6, 6.07) is 0. The van der Waals surface area contributed by atoms with Gasteiger partial charge >= 0.3 is 0 Å². The maximum atomic E-state index is 11.9. The molecule has 1 aliphatic rings. The van der Waals surface area contributed by atoms with Crippen molar-refractivity contribution in [3.63, 3.8) is 0 Å². The van der Waals surface area contributed by atoms with Crippen molar-refractivity contribution in [2.45, 2.75) is 57.5 Å². The number of carbonyl (C=O) groups is 1. The van der Waals surface area contributed by atoms with Crippen molar-refractivity contribution >= 4 is 5.91 Å². The van der Waals surface area contributed by atoms with Gasteiger partial charge in [0.25, 0.3) is 0 Å². The first kappa shape index (κ1) is 14.5.